The molecule has 32 heavy (non-hydrogen) atoms. The maximum absolute atomic E-state index is 12.6. The number of fused-ring (bicyclic) bond motifs is 4. The third kappa shape index (κ3) is 4.04. The Morgan fingerprint density at radius 2 is 1.81 bits per heavy atom. The number of hydrogen-bond acceptors (Lipinski definition) is 5. The number of pyridine rings is 2. The van der Waals surface area contributed by atoms with Gasteiger partial charge in [0.1, 0.15) is 0 Å². The maximum Gasteiger partial charge on any atom is 0.250 e. The molecule has 2 aromatic rings. The predicted octanol–water partition coefficient (Wildman–Crippen LogP) is 2.10. The molecule has 7 nitrogen and oxygen atoms in total. The lowest BCUT2D eigenvalue weighted by Crippen LogP contribution is -2.47. The molecule has 5 heterocycles. The van der Waals surface area contributed by atoms with Crippen LogP contribution in [-0.4, -0.2) is 50.2 Å². The average molecular weight is 439 g/mol. The lowest BCUT2D eigenvalue weighted by atomic mass is 9.83. The van der Waals surface area contributed by atoms with E-state index in [1.54, 1.807) is 12.1 Å². The summed E-state index contributed by atoms with van der Waals surface area (Å²) >= 11 is 0. The molecule has 2 saturated heterocycles. The molecular formula is C25H34N4O3. The minimum atomic E-state index is -0.285. The molecule has 0 unspecified atom stereocenters. The summed E-state index contributed by atoms with van der Waals surface area (Å²) in [4.78, 5) is 29.7. The lowest BCUT2D eigenvalue weighted by Gasteiger charge is -2.43. The molecule has 3 aliphatic heterocycles. The summed E-state index contributed by atoms with van der Waals surface area (Å²) in [5.41, 5.74) is 2.61. The lowest BCUT2D eigenvalue weighted by molar-refractivity contribution is 0.111. The second-order valence-corrected chi connectivity index (χ2v) is 10.2. The van der Waals surface area contributed by atoms with E-state index < -0.39 is 0 Å². The van der Waals surface area contributed by atoms with Gasteiger partial charge in [-0.2, -0.15) is 0 Å². The van der Waals surface area contributed by atoms with Crippen LogP contribution in [-0.2, 0) is 26.7 Å². The van der Waals surface area contributed by atoms with Crippen LogP contribution in [0.2, 0.25) is 0 Å². The number of piperidine rings is 2. The number of aromatic hydroxyl groups is 1. The van der Waals surface area contributed by atoms with Crippen molar-refractivity contribution in [2.24, 2.45) is 18.9 Å². The van der Waals surface area contributed by atoms with Crippen LogP contribution in [0.15, 0.2) is 33.9 Å². The number of hydrogen-bond donors (Lipinski definition) is 1. The first kappa shape index (κ1) is 21.5. The zero-order valence-corrected chi connectivity index (χ0v) is 19.2. The monoisotopic (exact) mass is 438 g/mol. The van der Waals surface area contributed by atoms with Crippen LogP contribution in [0, 0.1) is 11.8 Å². The van der Waals surface area contributed by atoms with Crippen LogP contribution in [0.1, 0.15) is 49.2 Å². The average Bonchev–Trinajstić information content (AvgIpc) is 2.77. The van der Waals surface area contributed by atoms with Gasteiger partial charge in [0.05, 0.1) is 5.69 Å². The molecular weight excluding hydrogens is 404 g/mol. The molecule has 3 aliphatic rings. The summed E-state index contributed by atoms with van der Waals surface area (Å²) in [6, 6.07) is 7.20. The van der Waals surface area contributed by atoms with Crippen LogP contribution < -0.4 is 11.0 Å². The highest BCUT2D eigenvalue weighted by atomic mass is 16.3. The predicted molar refractivity (Wildman–Crippen MR) is 124 cm³/mol. The van der Waals surface area contributed by atoms with Crippen molar-refractivity contribution >= 4 is 0 Å². The van der Waals surface area contributed by atoms with E-state index in [0.29, 0.717) is 24.9 Å². The zero-order chi connectivity index (χ0) is 22.4. The van der Waals surface area contributed by atoms with Crippen LogP contribution >= 0.6 is 0 Å². The van der Waals surface area contributed by atoms with Gasteiger partial charge in [0, 0.05) is 69.2 Å². The fourth-order valence-corrected chi connectivity index (χ4v) is 5.91. The van der Waals surface area contributed by atoms with Crippen LogP contribution in [0.3, 0.4) is 0 Å². The van der Waals surface area contributed by atoms with E-state index in [1.807, 2.05) is 22.2 Å². The minimum Gasteiger partial charge on any atom is -0.503 e. The van der Waals surface area contributed by atoms with Crippen molar-refractivity contribution in [2.75, 3.05) is 26.2 Å². The van der Waals surface area contributed by atoms with Gasteiger partial charge in [-0.05, 0) is 50.3 Å². The molecule has 2 aromatic heterocycles. The molecule has 0 aromatic carbocycles. The van der Waals surface area contributed by atoms with E-state index >= 15 is 0 Å². The second-order valence-electron chi connectivity index (χ2n) is 10.2. The summed E-state index contributed by atoms with van der Waals surface area (Å²) < 4.78 is 3.97. The van der Waals surface area contributed by atoms with Gasteiger partial charge in [-0.3, -0.25) is 19.4 Å². The molecule has 0 spiro atoms. The topological polar surface area (TPSA) is 70.7 Å². The van der Waals surface area contributed by atoms with Gasteiger partial charge in [-0.25, -0.2) is 0 Å². The molecule has 2 fully saturated rings. The van der Waals surface area contributed by atoms with E-state index in [0.717, 1.165) is 75.0 Å². The number of nitrogens with zero attached hydrogens (tertiary/aromatic N) is 4. The summed E-state index contributed by atoms with van der Waals surface area (Å²) in [6.07, 6.45) is 3.44. The number of likely N-dealkylation sites (tertiary alicyclic amines) is 2. The van der Waals surface area contributed by atoms with Crippen molar-refractivity contribution in [3.05, 3.63) is 61.9 Å². The van der Waals surface area contributed by atoms with Crippen molar-refractivity contribution in [2.45, 2.75) is 51.7 Å². The third-order valence-electron chi connectivity index (χ3n) is 7.83. The molecule has 2 atom stereocenters. The van der Waals surface area contributed by atoms with Crippen molar-refractivity contribution in [1.29, 1.82) is 0 Å². The van der Waals surface area contributed by atoms with Gasteiger partial charge in [-0.1, -0.05) is 13.0 Å². The Hall–Kier alpha value is -2.38. The van der Waals surface area contributed by atoms with Crippen molar-refractivity contribution in [3.63, 3.8) is 0 Å². The molecule has 7 heteroatoms. The van der Waals surface area contributed by atoms with E-state index in [-0.39, 0.29) is 16.7 Å². The first-order valence-electron chi connectivity index (χ1n) is 11.9. The molecule has 2 bridgehead atoms. The minimum absolute atomic E-state index is 0.100. The Balaban J connectivity index is 1.36. The van der Waals surface area contributed by atoms with Crippen LogP contribution in [0.4, 0.5) is 0 Å². The van der Waals surface area contributed by atoms with Gasteiger partial charge in [0.25, 0.3) is 5.56 Å². The van der Waals surface area contributed by atoms with E-state index in [1.165, 1.54) is 0 Å². The highest BCUT2D eigenvalue weighted by molar-refractivity contribution is 5.30. The molecule has 5 rings (SSSR count). The van der Waals surface area contributed by atoms with Crippen molar-refractivity contribution < 1.29 is 5.11 Å². The number of aromatic nitrogens is 2. The normalized spacial score (nSPS) is 24.4. The maximum atomic E-state index is 12.6. The van der Waals surface area contributed by atoms with Gasteiger partial charge in [0.15, 0.2) is 5.75 Å². The summed E-state index contributed by atoms with van der Waals surface area (Å²) in [7, 11) is 1.97. The smallest absolute Gasteiger partial charge is 0.250 e. The van der Waals surface area contributed by atoms with E-state index in [2.05, 4.69) is 22.8 Å². The highest BCUT2D eigenvalue weighted by Gasteiger charge is 2.34. The molecule has 1 N–H and O–H groups in total. The van der Waals surface area contributed by atoms with E-state index in [9.17, 15) is 14.7 Å². The quantitative estimate of drug-likeness (QED) is 0.792. The zero-order valence-electron chi connectivity index (χ0n) is 19.2. The van der Waals surface area contributed by atoms with Crippen LogP contribution in [0.25, 0.3) is 0 Å². The Morgan fingerprint density at radius 3 is 2.59 bits per heavy atom. The van der Waals surface area contributed by atoms with Gasteiger partial charge in [0.2, 0.25) is 5.43 Å². The first-order chi connectivity index (χ1) is 15.4. The fraction of sp³-hybridized carbons (Fsp3) is 0.600. The standard InChI is InChI=1S/C25H34N4O3/c1-17-6-8-27(9-7-17)16-22-25(32)23(30)11-20(26(22)2)15-28-12-18-10-19(14-28)21-4-3-5-24(31)29(21)13-18/h3-5,11,17-19,32H,6-10,12-16H2,1-2H3/t18-,19-/m0/s1. The summed E-state index contributed by atoms with van der Waals surface area (Å²) in [5.74, 6) is 1.43. The Morgan fingerprint density at radius 1 is 1.03 bits per heavy atom. The van der Waals surface area contributed by atoms with E-state index in [4.69, 9.17) is 0 Å². The fourth-order valence-electron chi connectivity index (χ4n) is 5.91. The largest absolute Gasteiger partial charge is 0.503 e. The highest BCUT2D eigenvalue weighted by Crippen LogP contribution is 2.35. The Kier molecular flexibility index (Phi) is 5.72. The molecule has 0 amide bonds. The SMILES string of the molecule is CC1CCN(Cc2c(O)c(=O)cc(CN3C[C@@H]4C[C@@H](C3)c3cccc(=O)n3C4)n2C)CC1. The third-order valence-corrected chi connectivity index (χ3v) is 7.83. The van der Waals surface area contributed by atoms with Crippen molar-refractivity contribution in [1.82, 2.24) is 18.9 Å². The molecule has 0 radical (unpaired) electrons. The van der Waals surface area contributed by atoms with Gasteiger partial charge < -0.3 is 14.2 Å². The molecule has 0 saturated carbocycles. The Bertz CT molecular complexity index is 1110. The molecule has 0 aliphatic carbocycles. The Labute approximate surface area is 188 Å². The second kappa shape index (κ2) is 8.52. The molecule has 172 valence electrons. The first-order valence-corrected chi connectivity index (χ1v) is 11.9. The summed E-state index contributed by atoms with van der Waals surface area (Å²) in [6.45, 7) is 8.17. The number of rotatable bonds is 4. The van der Waals surface area contributed by atoms with Crippen LogP contribution in [0.5, 0.6) is 5.75 Å². The van der Waals surface area contributed by atoms with Crippen molar-refractivity contribution in [3.8, 4) is 5.75 Å². The summed E-state index contributed by atoms with van der Waals surface area (Å²) in [5, 5.41) is 10.6. The van der Waals surface area contributed by atoms with Gasteiger partial charge in [-0.15, -0.1) is 0 Å². The van der Waals surface area contributed by atoms with Gasteiger partial charge >= 0.3 is 0 Å².